The summed E-state index contributed by atoms with van der Waals surface area (Å²) in [5.41, 5.74) is 0. The zero-order valence-electron chi connectivity index (χ0n) is 12.4. The largest absolute Gasteiger partial charge is 0.467 e. The van der Waals surface area contributed by atoms with Gasteiger partial charge in [0.2, 0.25) is 0 Å². The van der Waals surface area contributed by atoms with Gasteiger partial charge in [0.1, 0.15) is 5.76 Å². The van der Waals surface area contributed by atoms with Crippen LogP contribution in [0.2, 0.25) is 5.15 Å². The van der Waals surface area contributed by atoms with Gasteiger partial charge in [-0.2, -0.15) is 0 Å². The number of piperidine rings is 1. The topological polar surface area (TPSA) is 55.6 Å². The van der Waals surface area contributed by atoms with Crippen molar-refractivity contribution in [3.63, 3.8) is 0 Å². The molecule has 2 atom stereocenters. The van der Waals surface area contributed by atoms with E-state index in [2.05, 4.69) is 16.8 Å². The van der Waals surface area contributed by atoms with Gasteiger partial charge < -0.3 is 14.1 Å². The van der Waals surface area contributed by atoms with Crippen LogP contribution in [0.25, 0.3) is 0 Å². The summed E-state index contributed by atoms with van der Waals surface area (Å²) >= 11 is 7.36. The summed E-state index contributed by atoms with van der Waals surface area (Å²) < 4.78 is 10.3. The predicted octanol–water partition coefficient (Wildman–Crippen LogP) is 4.15. The summed E-state index contributed by atoms with van der Waals surface area (Å²) in [6.45, 7) is 3.10. The lowest BCUT2D eigenvalue weighted by atomic mass is 9.91. The number of anilines is 1. The maximum atomic E-state index is 11.7. The van der Waals surface area contributed by atoms with Crippen LogP contribution in [-0.4, -0.2) is 24.6 Å². The maximum Gasteiger partial charge on any atom is 0.351 e. The number of methoxy groups -OCH3 is 1. The Balaban J connectivity index is 1.93. The Labute approximate surface area is 137 Å². The molecule has 7 heteroatoms. The van der Waals surface area contributed by atoms with Crippen molar-refractivity contribution < 1.29 is 13.9 Å². The van der Waals surface area contributed by atoms with Crippen LogP contribution in [0.15, 0.2) is 22.8 Å². The number of aromatic nitrogens is 1. The molecule has 0 amide bonds. The SMILES string of the molecule is COC(=O)c1sc(N2CCC(C)CC2c2ccco2)nc1Cl. The van der Waals surface area contributed by atoms with Crippen LogP contribution in [0, 0.1) is 5.92 Å². The number of rotatable bonds is 3. The van der Waals surface area contributed by atoms with E-state index in [1.54, 1.807) is 6.26 Å². The molecule has 1 aliphatic heterocycles. The molecule has 0 N–H and O–H groups in total. The number of ether oxygens (including phenoxy) is 1. The molecule has 0 spiro atoms. The van der Waals surface area contributed by atoms with Crippen molar-refractivity contribution in [2.75, 3.05) is 18.6 Å². The molecule has 0 radical (unpaired) electrons. The van der Waals surface area contributed by atoms with Gasteiger partial charge in [0.05, 0.1) is 19.4 Å². The van der Waals surface area contributed by atoms with Crippen molar-refractivity contribution in [2.45, 2.75) is 25.8 Å². The lowest BCUT2D eigenvalue weighted by Gasteiger charge is -2.37. The number of hydrogen-bond donors (Lipinski definition) is 0. The van der Waals surface area contributed by atoms with Crippen LogP contribution in [0.5, 0.6) is 0 Å². The summed E-state index contributed by atoms with van der Waals surface area (Å²) in [5, 5.41) is 0.933. The Hall–Kier alpha value is -1.53. The zero-order chi connectivity index (χ0) is 15.7. The third-order valence-electron chi connectivity index (χ3n) is 3.93. The number of esters is 1. The fraction of sp³-hybridized carbons (Fsp3) is 0.467. The first-order valence-corrected chi connectivity index (χ1v) is 8.34. The molecule has 1 fully saturated rings. The number of carbonyl (C=O) groups is 1. The second kappa shape index (κ2) is 6.30. The van der Waals surface area contributed by atoms with Gasteiger partial charge in [-0.25, -0.2) is 9.78 Å². The standard InChI is InChI=1S/C15H17ClN2O3S/c1-9-5-6-18(10(8-9)11-4-3-7-21-11)15-17-13(16)12(22-15)14(19)20-2/h3-4,7,9-10H,5-6,8H2,1-2H3. The molecule has 2 aromatic rings. The zero-order valence-corrected chi connectivity index (χ0v) is 14.0. The first-order valence-electron chi connectivity index (χ1n) is 7.14. The number of nitrogens with zero attached hydrogens (tertiary/aromatic N) is 2. The number of thiazole rings is 1. The minimum atomic E-state index is -0.450. The summed E-state index contributed by atoms with van der Waals surface area (Å²) in [6.07, 6.45) is 3.74. The monoisotopic (exact) mass is 340 g/mol. The second-order valence-electron chi connectivity index (χ2n) is 5.46. The summed E-state index contributed by atoms with van der Waals surface area (Å²) in [5.74, 6) is 1.08. The van der Waals surface area contributed by atoms with Gasteiger partial charge >= 0.3 is 5.97 Å². The van der Waals surface area contributed by atoms with Crippen molar-refractivity contribution in [1.82, 2.24) is 4.98 Å². The van der Waals surface area contributed by atoms with Gasteiger partial charge in [-0.3, -0.25) is 0 Å². The average Bonchev–Trinajstić information content (AvgIpc) is 3.16. The Morgan fingerprint density at radius 2 is 2.41 bits per heavy atom. The Bertz CT molecular complexity index is 656. The van der Waals surface area contributed by atoms with E-state index in [9.17, 15) is 4.79 Å². The fourth-order valence-electron chi connectivity index (χ4n) is 2.75. The molecule has 3 rings (SSSR count). The molecule has 5 nitrogen and oxygen atoms in total. The van der Waals surface area contributed by atoms with Crippen LogP contribution in [0.1, 0.15) is 41.2 Å². The van der Waals surface area contributed by atoms with Gasteiger partial charge in [0.15, 0.2) is 15.2 Å². The van der Waals surface area contributed by atoms with Crippen LogP contribution in [-0.2, 0) is 4.74 Å². The van der Waals surface area contributed by atoms with E-state index in [4.69, 9.17) is 20.8 Å². The summed E-state index contributed by atoms with van der Waals surface area (Å²) in [7, 11) is 1.34. The second-order valence-corrected chi connectivity index (χ2v) is 6.80. The van der Waals surface area contributed by atoms with Crippen LogP contribution in [0.3, 0.4) is 0 Å². The molecule has 2 aromatic heterocycles. The van der Waals surface area contributed by atoms with Crippen molar-refractivity contribution >= 4 is 34.0 Å². The van der Waals surface area contributed by atoms with E-state index in [0.717, 1.165) is 30.3 Å². The third-order valence-corrected chi connectivity index (χ3v) is 5.39. The minimum absolute atomic E-state index is 0.117. The van der Waals surface area contributed by atoms with E-state index in [0.29, 0.717) is 10.8 Å². The van der Waals surface area contributed by atoms with Gasteiger partial charge in [0.25, 0.3) is 0 Å². The summed E-state index contributed by atoms with van der Waals surface area (Å²) in [6, 6.07) is 3.99. The van der Waals surface area contributed by atoms with Crippen LogP contribution >= 0.6 is 22.9 Å². The molecule has 22 heavy (non-hydrogen) atoms. The van der Waals surface area contributed by atoms with E-state index >= 15 is 0 Å². The molecule has 0 saturated carbocycles. The highest BCUT2D eigenvalue weighted by molar-refractivity contribution is 7.18. The number of furan rings is 1. The molecular formula is C15H17ClN2O3S. The number of hydrogen-bond acceptors (Lipinski definition) is 6. The highest BCUT2D eigenvalue weighted by Crippen LogP contribution is 2.40. The van der Waals surface area contributed by atoms with Crippen molar-refractivity contribution in [1.29, 1.82) is 0 Å². The Kier molecular flexibility index (Phi) is 4.40. The van der Waals surface area contributed by atoms with E-state index in [-0.39, 0.29) is 11.2 Å². The minimum Gasteiger partial charge on any atom is -0.467 e. The highest BCUT2D eigenvalue weighted by Gasteiger charge is 2.32. The van der Waals surface area contributed by atoms with Gasteiger partial charge in [0, 0.05) is 6.54 Å². The van der Waals surface area contributed by atoms with Crippen LogP contribution in [0.4, 0.5) is 5.13 Å². The number of carbonyl (C=O) groups excluding carboxylic acids is 1. The van der Waals surface area contributed by atoms with Crippen molar-refractivity contribution in [2.24, 2.45) is 5.92 Å². The smallest absolute Gasteiger partial charge is 0.351 e. The Morgan fingerprint density at radius 3 is 3.09 bits per heavy atom. The van der Waals surface area contributed by atoms with Crippen LogP contribution < -0.4 is 4.90 Å². The van der Waals surface area contributed by atoms with Gasteiger partial charge in [-0.15, -0.1) is 0 Å². The molecule has 1 aliphatic rings. The van der Waals surface area contributed by atoms with E-state index in [1.807, 2.05) is 12.1 Å². The normalized spacial score (nSPS) is 21.9. The Morgan fingerprint density at radius 1 is 1.59 bits per heavy atom. The molecule has 3 heterocycles. The van der Waals surface area contributed by atoms with Gasteiger partial charge in [-0.1, -0.05) is 29.9 Å². The summed E-state index contributed by atoms with van der Waals surface area (Å²) in [4.78, 5) is 18.6. The first kappa shape index (κ1) is 15.4. The van der Waals surface area contributed by atoms with Gasteiger partial charge in [-0.05, 0) is 30.9 Å². The molecule has 0 bridgehead atoms. The lowest BCUT2D eigenvalue weighted by molar-refractivity contribution is 0.0606. The lowest BCUT2D eigenvalue weighted by Crippen LogP contribution is -2.36. The first-order chi connectivity index (χ1) is 10.6. The molecule has 0 aliphatic carbocycles. The van der Waals surface area contributed by atoms with Crippen molar-refractivity contribution in [3.8, 4) is 0 Å². The van der Waals surface area contributed by atoms with E-state index in [1.165, 1.54) is 18.4 Å². The highest BCUT2D eigenvalue weighted by atomic mass is 35.5. The predicted molar refractivity (Wildman–Crippen MR) is 85.7 cm³/mol. The molecule has 0 aromatic carbocycles. The quantitative estimate of drug-likeness (QED) is 0.785. The number of halogens is 1. The average molecular weight is 341 g/mol. The third kappa shape index (κ3) is 2.85. The van der Waals surface area contributed by atoms with Crippen molar-refractivity contribution in [3.05, 3.63) is 34.2 Å². The molecule has 1 saturated heterocycles. The fourth-order valence-corrected chi connectivity index (χ4v) is 4.03. The molecular weight excluding hydrogens is 324 g/mol. The molecule has 118 valence electrons. The van der Waals surface area contributed by atoms with E-state index < -0.39 is 5.97 Å². The maximum absolute atomic E-state index is 11.7. The molecule has 2 unspecified atom stereocenters.